The van der Waals surface area contributed by atoms with Crippen LogP contribution in [-0.4, -0.2) is 16.6 Å². The molecule has 0 spiro atoms. The highest BCUT2D eigenvalue weighted by molar-refractivity contribution is 7.98. The second kappa shape index (κ2) is 4.05. The van der Waals surface area contributed by atoms with Crippen molar-refractivity contribution in [3.63, 3.8) is 0 Å². The average Bonchev–Trinajstić information content (AvgIpc) is 2.60. The van der Waals surface area contributed by atoms with Gasteiger partial charge in [-0.15, -0.1) is 0 Å². The Bertz CT molecular complexity index is 436. The third-order valence-corrected chi connectivity index (χ3v) is 2.89. The molecule has 0 aliphatic heterocycles. The summed E-state index contributed by atoms with van der Waals surface area (Å²) in [5.74, 6) is 0.922. The van der Waals surface area contributed by atoms with Gasteiger partial charge in [0.1, 0.15) is 5.82 Å². The zero-order valence-electron chi connectivity index (χ0n) is 8.03. The maximum absolute atomic E-state index is 13.3. The Labute approximate surface area is 86.9 Å². The van der Waals surface area contributed by atoms with Crippen LogP contribution in [0.4, 0.5) is 4.39 Å². The van der Waals surface area contributed by atoms with Gasteiger partial charge < -0.3 is 4.57 Å². The lowest BCUT2D eigenvalue weighted by molar-refractivity contribution is 0.639. The summed E-state index contributed by atoms with van der Waals surface area (Å²) < 4.78 is 15.4. The van der Waals surface area contributed by atoms with Gasteiger partial charge in [-0.1, -0.05) is 6.07 Å². The molecular weight excluding hydrogens is 197 g/mol. The fraction of sp³-hybridized carbons (Fsp3) is 0.273. The van der Waals surface area contributed by atoms with Gasteiger partial charge >= 0.3 is 0 Å². The van der Waals surface area contributed by atoms with Crippen molar-refractivity contribution < 1.29 is 4.39 Å². The SMILES string of the molecule is CSCCn1ccc2c(F)cccc21. The summed E-state index contributed by atoms with van der Waals surface area (Å²) in [6.45, 7) is 0.939. The van der Waals surface area contributed by atoms with Crippen LogP contribution >= 0.6 is 11.8 Å². The minimum absolute atomic E-state index is 0.134. The van der Waals surface area contributed by atoms with Crippen LogP contribution in [0.1, 0.15) is 0 Å². The molecule has 74 valence electrons. The maximum Gasteiger partial charge on any atom is 0.132 e. The number of aryl methyl sites for hydroxylation is 1. The van der Waals surface area contributed by atoms with Gasteiger partial charge in [0.05, 0.1) is 5.52 Å². The predicted molar refractivity (Wildman–Crippen MR) is 60.3 cm³/mol. The zero-order valence-corrected chi connectivity index (χ0v) is 8.85. The Morgan fingerprint density at radius 1 is 1.36 bits per heavy atom. The number of rotatable bonds is 3. The van der Waals surface area contributed by atoms with Crippen LogP contribution in [0.2, 0.25) is 0 Å². The van der Waals surface area contributed by atoms with Crippen molar-refractivity contribution in [2.24, 2.45) is 0 Å². The van der Waals surface area contributed by atoms with Crippen LogP contribution in [0.3, 0.4) is 0 Å². The Hall–Kier alpha value is -0.960. The third kappa shape index (κ3) is 1.64. The summed E-state index contributed by atoms with van der Waals surface area (Å²) in [7, 11) is 0. The normalized spacial score (nSPS) is 11.0. The van der Waals surface area contributed by atoms with Gasteiger partial charge in [-0.2, -0.15) is 11.8 Å². The molecule has 0 fully saturated rings. The number of benzene rings is 1. The Kier molecular flexibility index (Phi) is 2.77. The molecule has 1 aromatic carbocycles. The summed E-state index contributed by atoms with van der Waals surface area (Å²) in [6.07, 6.45) is 4.02. The van der Waals surface area contributed by atoms with Crippen LogP contribution in [0.15, 0.2) is 30.5 Å². The first-order chi connectivity index (χ1) is 6.83. The number of fused-ring (bicyclic) bond motifs is 1. The number of nitrogens with zero attached hydrogens (tertiary/aromatic N) is 1. The molecule has 0 bridgehead atoms. The van der Waals surface area contributed by atoms with Crippen LogP contribution in [-0.2, 0) is 6.54 Å². The molecule has 14 heavy (non-hydrogen) atoms. The van der Waals surface area contributed by atoms with Crippen molar-refractivity contribution in [1.82, 2.24) is 4.57 Å². The van der Waals surface area contributed by atoms with E-state index in [1.165, 1.54) is 6.07 Å². The molecule has 0 aliphatic rings. The molecule has 0 amide bonds. The first-order valence-corrected chi connectivity index (χ1v) is 5.94. The molecule has 1 nitrogen and oxygen atoms in total. The van der Waals surface area contributed by atoms with Crippen molar-refractivity contribution in [3.05, 3.63) is 36.3 Å². The number of thioether (sulfide) groups is 1. The molecule has 2 rings (SSSR count). The topological polar surface area (TPSA) is 4.93 Å². The molecule has 1 aromatic heterocycles. The summed E-state index contributed by atoms with van der Waals surface area (Å²) in [4.78, 5) is 0. The second-order valence-electron chi connectivity index (χ2n) is 3.17. The van der Waals surface area contributed by atoms with Crippen LogP contribution < -0.4 is 0 Å². The Morgan fingerprint density at radius 2 is 2.21 bits per heavy atom. The number of hydrogen-bond acceptors (Lipinski definition) is 1. The third-order valence-electron chi connectivity index (χ3n) is 2.30. The molecule has 0 atom stereocenters. The van der Waals surface area contributed by atoms with Crippen LogP contribution in [0.5, 0.6) is 0 Å². The first-order valence-electron chi connectivity index (χ1n) is 4.55. The minimum atomic E-state index is -0.134. The maximum atomic E-state index is 13.3. The minimum Gasteiger partial charge on any atom is -0.347 e. The molecule has 0 saturated heterocycles. The summed E-state index contributed by atoms with van der Waals surface area (Å²) >= 11 is 1.80. The number of aromatic nitrogens is 1. The van der Waals surface area contributed by atoms with Crippen molar-refractivity contribution >= 4 is 22.7 Å². The van der Waals surface area contributed by atoms with E-state index in [1.807, 2.05) is 18.3 Å². The van der Waals surface area contributed by atoms with Gasteiger partial charge in [-0.3, -0.25) is 0 Å². The highest BCUT2D eigenvalue weighted by Crippen LogP contribution is 2.19. The fourth-order valence-electron chi connectivity index (χ4n) is 1.57. The van der Waals surface area contributed by atoms with Gasteiger partial charge in [-0.25, -0.2) is 4.39 Å². The summed E-state index contributed by atoms with van der Waals surface area (Å²) in [5, 5.41) is 0.716. The van der Waals surface area contributed by atoms with E-state index in [2.05, 4.69) is 10.8 Å². The van der Waals surface area contributed by atoms with Gasteiger partial charge in [0.15, 0.2) is 0 Å². The smallest absolute Gasteiger partial charge is 0.132 e. The van der Waals surface area contributed by atoms with Crippen LogP contribution in [0.25, 0.3) is 10.9 Å². The molecule has 2 aromatic rings. The molecule has 0 saturated carbocycles. The Balaban J connectivity index is 2.42. The van der Waals surface area contributed by atoms with Crippen molar-refractivity contribution in [1.29, 1.82) is 0 Å². The quantitative estimate of drug-likeness (QED) is 0.751. The number of halogens is 1. The molecule has 3 heteroatoms. The average molecular weight is 209 g/mol. The lowest BCUT2D eigenvalue weighted by Crippen LogP contribution is -1.97. The lowest BCUT2D eigenvalue weighted by Gasteiger charge is -2.03. The van der Waals surface area contributed by atoms with Gasteiger partial charge in [0, 0.05) is 23.9 Å². The highest BCUT2D eigenvalue weighted by Gasteiger charge is 2.03. The van der Waals surface area contributed by atoms with E-state index >= 15 is 0 Å². The molecule has 0 radical (unpaired) electrons. The van der Waals surface area contributed by atoms with Crippen molar-refractivity contribution in [2.45, 2.75) is 6.54 Å². The van der Waals surface area contributed by atoms with Gasteiger partial charge in [-0.05, 0) is 24.5 Å². The van der Waals surface area contributed by atoms with Crippen LogP contribution in [0, 0.1) is 5.82 Å². The molecule has 0 aliphatic carbocycles. The van der Waals surface area contributed by atoms with Gasteiger partial charge in [0.2, 0.25) is 0 Å². The largest absolute Gasteiger partial charge is 0.347 e. The van der Waals surface area contributed by atoms with E-state index in [-0.39, 0.29) is 5.82 Å². The lowest BCUT2D eigenvalue weighted by atomic mass is 10.2. The molecule has 0 unspecified atom stereocenters. The summed E-state index contributed by atoms with van der Waals surface area (Å²) in [5.41, 5.74) is 0.985. The standard InChI is InChI=1S/C11H12FNS/c1-14-8-7-13-6-5-9-10(12)3-2-4-11(9)13/h2-6H,7-8H2,1H3. The van der Waals surface area contributed by atoms with E-state index < -0.39 is 0 Å². The second-order valence-corrected chi connectivity index (χ2v) is 4.16. The van der Waals surface area contributed by atoms with Crippen molar-refractivity contribution in [2.75, 3.05) is 12.0 Å². The summed E-state index contributed by atoms with van der Waals surface area (Å²) in [6, 6.07) is 7.05. The zero-order chi connectivity index (χ0) is 9.97. The monoisotopic (exact) mass is 209 g/mol. The predicted octanol–water partition coefficient (Wildman–Crippen LogP) is 3.14. The van der Waals surface area contributed by atoms with E-state index in [9.17, 15) is 4.39 Å². The fourth-order valence-corrected chi connectivity index (χ4v) is 1.95. The molecule has 1 heterocycles. The highest BCUT2D eigenvalue weighted by atomic mass is 32.2. The molecular formula is C11H12FNS. The Morgan fingerprint density at radius 3 is 3.00 bits per heavy atom. The van der Waals surface area contributed by atoms with E-state index in [4.69, 9.17) is 0 Å². The van der Waals surface area contributed by atoms with E-state index in [1.54, 1.807) is 17.8 Å². The number of hydrogen-bond donors (Lipinski definition) is 0. The van der Waals surface area contributed by atoms with Crippen molar-refractivity contribution in [3.8, 4) is 0 Å². The van der Waals surface area contributed by atoms with E-state index in [0.717, 1.165) is 17.8 Å². The van der Waals surface area contributed by atoms with E-state index in [0.29, 0.717) is 5.39 Å². The first kappa shape index (κ1) is 9.59. The molecule has 0 N–H and O–H groups in total. The van der Waals surface area contributed by atoms with Gasteiger partial charge in [0.25, 0.3) is 0 Å².